The molecule has 0 spiro atoms. The summed E-state index contributed by atoms with van der Waals surface area (Å²) in [5.74, 6) is 0.927. The number of hydrogen-bond acceptors (Lipinski definition) is 2. The number of para-hydroxylation sites is 4. The summed E-state index contributed by atoms with van der Waals surface area (Å²) in [4.78, 5) is 7.67. The van der Waals surface area contributed by atoms with Crippen LogP contribution in [0.25, 0.3) is 66.1 Å². The molecule has 57 heavy (non-hydrogen) atoms. The second-order valence-electron chi connectivity index (χ2n) is 15.1. The molecule has 9 aromatic carbocycles. The van der Waals surface area contributed by atoms with Crippen molar-refractivity contribution in [3.8, 4) is 28.2 Å². The van der Waals surface area contributed by atoms with Crippen LogP contribution in [0.2, 0.25) is 0 Å². The lowest BCUT2D eigenvalue weighted by molar-refractivity contribution is 0.574. The average Bonchev–Trinajstić information content (AvgIpc) is 3.94. The largest absolute Gasteiger partial charge is 0.662 e. The van der Waals surface area contributed by atoms with Crippen molar-refractivity contribution in [2.75, 3.05) is 4.90 Å². The highest BCUT2D eigenvalue weighted by Crippen LogP contribution is 2.64. The van der Waals surface area contributed by atoms with Crippen LogP contribution in [0.15, 0.2) is 206 Å². The number of anilines is 2. The van der Waals surface area contributed by atoms with Crippen molar-refractivity contribution in [3.63, 3.8) is 0 Å². The molecular weight excluding hydrogens is 693 g/mol. The second kappa shape index (κ2) is 12.3. The molecule has 4 heteroatoms. The summed E-state index contributed by atoms with van der Waals surface area (Å²) in [6.07, 6.45) is -0.180. The average molecular weight is 728 g/mol. The van der Waals surface area contributed by atoms with Gasteiger partial charge in [0, 0.05) is 22.6 Å². The third-order valence-electron chi connectivity index (χ3n) is 12.2. The number of imidazole rings is 1. The normalized spacial score (nSPS) is 15.1. The Bertz CT molecular complexity index is 3130. The molecule has 12 rings (SSSR count). The maximum absolute atomic E-state index is 5.71. The van der Waals surface area contributed by atoms with E-state index in [1.165, 1.54) is 49.5 Å². The van der Waals surface area contributed by atoms with Crippen molar-refractivity contribution in [3.05, 3.63) is 228 Å². The van der Waals surface area contributed by atoms with Crippen molar-refractivity contribution >= 4 is 49.6 Å². The van der Waals surface area contributed by atoms with Crippen LogP contribution < -0.4 is 4.90 Å². The van der Waals surface area contributed by atoms with Crippen LogP contribution in [0.1, 0.15) is 16.7 Å². The van der Waals surface area contributed by atoms with Crippen molar-refractivity contribution in [1.82, 2.24) is 9.55 Å². The standard InChI is InChI=1S/C53H35N4/c1-4-17-39(18-5-1)53(40-19-6-2-7-20-40)44-24-12-14-26-47(44)57-49-31-29-36(34-46(49)55-52(53)57)50-42-23-11-10-16-35(42)32-38-33-37(28-30-43(38)50)51-54-45-25-13-15-27-48(45)56(51)41-21-8-3-9-22-41/h1-34,52H/q-1. The van der Waals surface area contributed by atoms with Crippen molar-refractivity contribution < 1.29 is 0 Å². The molecule has 10 aromatic rings. The Morgan fingerprint density at radius 2 is 1.14 bits per heavy atom. The predicted octanol–water partition coefficient (Wildman–Crippen LogP) is 13.5. The molecule has 1 atom stereocenters. The Labute approximate surface area is 330 Å². The number of benzene rings is 9. The van der Waals surface area contributed by atoms with Crippen molar-refractivity contribution in [1.29, 1.82) is 0 Å². The first-order valence-corrected chi connectivity index (χ1v) is 19.6. The molecule has 1 aromatic heterocycles. The Morgan fingerprint density at radius 1 is 0.491 bits per heavy atom. The molecule has 268 valence electrons. The molecule has 0 bridgehead atoms. The van der Waals surface area contributed by atoms with Gasteiger partial charge in [0.2, 0.25) is 0 Å². The Balaban J connectivity index is 1.04. The molecule has 2 aliphatic rings. The summed E-state index contributed by atoms with van der Waals surface area (Å²) in [6.45, 7) is 0. The molecule has 3 heterocycles. The zero-order valence-corrected chi connectivity index (χ0v) is 31.0. The van der Waals surface area contributed by atoms with Crippen molar-refractivity contribution in [2.45, 2.75) is 11.6 Å². The van der Waals surface area contributed by atoms with Crippen LogP contribution >= 0.6 is 0 Å². The lowest BCUT2D eigenvalue weighted by atomic mass is 9.69. The van der Waals surface area contributed by atoms with Crippen LogP contribution in [-0.2, 0) is 5.41 Å². The first-order valence-electron chi connectivity index (χ1n) is 19.6. The third-order valence-corrected chi connectivity index (χ3v) is 12.2. The third kappa shape index (κ3) is 4.59. The van der Waals surface area contributed by atoms with E-state index in [1.54, 1.807) is 0 Å². The first kappa shape index (κ1) is 31.9. The van der Waals surface area contributed by atoms with Crippen LogP contribution in [0, 0.1) is 0 Å². The van der Waals surface area contributed by atoms with Gasteiger partial charge in [-0.1, -0.05) is 158 Å². The van der Waals surface area contributed by atoms with Gasteiger partial charge >= 0.3 is 0 Å². The van der Waals surface area contributed by atoms with Gasteiger partial charge in [0.15, 0.2) is 0 Å². The zero-order chi connectivity index (χ0) is 37.5. The van der Waals surface area contributed by atoms with E-state index in [0.717, 1.165) is 45.0 Å². The fraction of sp³-hybridized carbons (Fsp3) is 0.0377. The summed E-state index contributed by atoms with van der Waals surface area (Å²) in [5, 5.41) is 10.5. The van der Waals surface area contributed by atoms with E-state index in [9.17, 15) is 0 Å². The summed E-state index contributed by atoms with van der Waals surface area (Å²) in [6, 6.07) is 74.5. The van der Waals surface area contributed by atoms with E-state index >= 15 is 0 Å². The summed E-state index contributed by atoms with van der Waals surface area (Å²) < 4.78 is 2.27. The molecule has 0 saturated heterocycles. The number of fused-ring (bicyclic) bond motifs is 8. The Kier molecular flexibility index (Phi) is 6.87. The molecule has 0 radical (unpaired) electrons. The minimum absolute atomic E-state index is 0.180. The number of aromatic nitrogens is 2. The molecule has 0 aliphatic carbocycles. The van der Waals surface area contributed by atoms with E-state index in [0.29, 0.717) is 0 Å². The van der Waals surface area contributed by atoms with E-state index in [-0.39, 0.29) is 6.17 Å². The molecule has 0 N–H and O–H groups in total. The van der Waals surface area contributed by atoms with E-state index < -0.39 is 5.41 Å². The highest BCUT2D eigenvalue weighted by Gasteiger charge is 2.51. The lowest BCUT2D eigenvalue weighted by Crippen LogP contribution is -2.41. The van der Waals surface area contributed by atoms with Crippen LogP contribution in [-0.4, -0.2) is 15.7 Å². The lowest BCUT2D eigenvalue weighted by Gasteiger charge is -2.44. The van der Waals surface area contributed by atoms with Gasteiger partial charge < -0.3 is 10.2 Å². The second-order valence-corrected chi connectivity index (χ2v) is 15.1. The summed E-state index contributed by atoms with van der Waals surface area (Å²) >= 11 is 0. The van der Waals surface area contributed by atoms with Crippen LogP contribution in [0.4, 0.5) is 17.1 Å². The zero-order valence-electron chi connectivity index (χ0n) is 31.0. The molecule has 0 saturated carbocycles. The van der Waals surface area contributed by atoms with E-state index in [4.69, 9.17) is 10.3 Å². The van der Waals surface area contributed by atoms with Gasteiger partial charge in [-0.2, -0.15) is 0 Å². The molecule has 1 unspecified atom stereocenters. The van der Waals surface area contributed by atoms with E-state index in [2.05, 4.69) is 216 Å². The minimum atomic E-state index is -0.489. The van der Waals surface area contributed by atoms with Gasteiger partial charge in [0.1, 0.15) is 5.82 Å². The summed E-state index contributed by atoms with van der Waals surface area (Å²) in [5.41, 5.74) is 13.2. The van der Waals surface area contributed by atoms with Crippen LogP contribution in [0.3, 0.4) is 0 Å². The highest BCUT2D eigenvalue weighted by molar-refractivity contribution is 6.14. The number of nitrogens with zero attached hydrogens (tertiary/aromatic N) is 4. The Morgan fingerprint density at radius 3 is 1.95 bits per heavy atom. The number of rotatable bonds is 5. The molecule has 2 aliphatic heterocycles. The fourth-order valence-electron chi connectivity index (χ4n) is 9.77. The van der Waals surface area contributed by atoms with Gasteiger partial charge in [0.05, 0.1) is 16.4 Å². The molecule has 0 fully saturated rings. The predicted molar refractivity (Wildman–Crippen MR) is 235 cm³/mol. The maximum Gasteiger partial charge on any atom is 0.145 e. The van der Waals surface area contributed by atoms with Gasteiger partial charge in [-0.15, -0.1) is 5.69 Å². The smallest absolute Gasteiger partial charge is 0.145 e. The van der Waals surface area contributed by atoms with E-state index in [1.807, 2.05) is 0 Å². The highest BCUT2D eigenvalue weighted by atomic mass is 15.4. The van der Waals surface area contributed by atoms with Gasteiger partial charge in [0.25, 0.3) is 0 Å². The summed E-state index contributed by atoms with van der Waals surface area (Å²) in [7, 11) is 0. The SMILES string of the molecule is c1ccc(-n2c(-c3ccc4c(-c5ccc6c(c5)[N-]C5N6c6ccccc6C5(c5ccccc5)c5ccccc5)c5ccccc5cc4c3)nc3ccccc32)cc1. The molecule has 4 nitrogen and oxygen atoms in total. The number of hydrogen-bond donors (Lipinski definition) is 0. The molecule has 0 amide bonds. The Hall–Kier alpha value is -7.43. The quantitative estimate of drug-likeness (QED) is 0.165. The minimum Gasteiger partial charge on any atom is -0.662 e. The van der Waals surface area contributed by atoms with Gasteiger partial charge in [-0.3, -0.25) is 4.57 Å². The monoisotopic (exact) mass is 727 g/mol. The van der Waals surface area contributed by atoms with Crippen molar-refractivity contribution in [2.24, 2.45) is 0 Å². The topological polar surface area (TPSA) is 35.2 Å². The maximum atomic E-state index is 5.71. The first-order chi connectivity index (χ1) is 28.3. The fourth-order valence-corrected chi connectivity index (χ4v) is 9.77. The molecular formula is C53H35N4-. The van der Waals surface area contributed by atoms with Crippen LogP contribution in [0.5, 0.6) is 0 Å². The van der Waals surface area contributed by atoms with Gasteiger partial charge in [-0.25, -0.2) is 4.98 Å². The van der Waals surface area contributed by atoms with Gasteiger partial charge in [-0.05, 0) is 104 Å².